The molecule has 1 atom stereocenters. The number of thioether (sulfide) groups is 1. The molecule has 0 amide bonds. The number of nitrogens with one attached hydrogen (secondary N) is 1. The molecule has 3 rings (SSSR count). The van der Waals surface area contributed by atoms with Gasteiger partial charge in [0.15, 0.2) is 0 Å². The van der Waals surface area contributed by atoms with Crippen LogP contribution < -0.4 is 5.32 Å². The van der Waals surface area contributed by atoms with Crippen LogP contribution in [0.1, 0.15) is 17.7 Å². The fraction of sp³-hybridized carbons (Fsp3) is 0.438. The minimum atomic E-state index is -0.527. The molecule has 1 aliphatic rings. The van der Waals surface area contributed by atoms with E-state index in [1.54, 1.807) is 11.3 Å². The van der Waals surface area contributed by atoms with Gasteiger partial charge < -0.3 is 10.4 Å². The smallest absolute Gasteiger partial charge is 0.123 e. The van der Waals surface area contributed by atoms with E-state index >= 15 is 0 Å². The maximum Gasteiger partial charge on any atom is 0.123 e. The van der Waals surface area contributed by atoms with Gasteiger partial charge in [-0.3, -0.25) is 0 Å². The van der Waals surface area contributed by atoms with Crippen molar-refractivity contribution in [1.29, 1.82) is 0 Å². The number of hydrogen-bond acceptors (Lipinski definition) is 5. The number of aromatic nitrogens is 1. The van der Waals surface area contributed by atoms with Gasteiger partial charge in [-0.1, -0.05) is 29.8 Å². The van der Waals surface area contributed by atoms with Gasteiger partial charge in [0.1, 0.15) is 5.01 Å². The summed E-state index contributed by atoms with van der Waals surface area (Å²) in [6.45, 7) is 3.46. The molecule has 0 radical (unpaired) electrons. The van der Waals surface area contributed by atoms with Gasteiger partial charge in [0.05, 0.1) is 11.3 Å². The summed E-state index contributed by atoms with van der Waals surface area (Å²) in [5.74, 6) is 1.90. The number of aliphatic hydroxyl groups is 1. The Morgan fingerprint density at radius 2 is 2.14 bits per heavy atom. The Bertz CT molecular complexity index is 589. The SMILES string of the molecule is Cc1ccc(-c2nc(CNCC3(O)CCSC3)cs2)cc1. The molecule has 5 heteroatoms. The molecule has 2 N–H and O–H groups in total. The lowest BCUT2D eigenvalue weighted by Crippen LogP contribution is -2.40. The van der Waals surface area contributed by atoms with E-state index in [1.165, 1.54) is 11.1 Å². The first kappa shape index (κ1) is 15.0. The van der Waals surface area contributed by atoms with Crippen molar-refractivity contribution < 1.29 is 5.11 Å². The molecule has 0 aliphatic carbocycles. The van der Waals surface area contributed by atoms with Gasteiger partial charge in [0, 0.05) is 29.8 Å². The van der Waals surface area contributed by atoms with E-state index in [2.05, 4.69) is 46.9 Å². The molecule has 1 fully saturated rings. The van der Waals surface area contributed by atoms with Gasteiger partial charge in [-0.05, 0) is 19.1 Å². The minimum absolute atomic E-state index is 0.527. The third kappa shape index (κ3) is 3.86. The van der Waals surface area contributed by atoms with Gasteiger partial charge in [-0.25, -0.2) is 4.98 Å². The summed E-state index contributed by atoms with van der Waals surface area (Å²) in [6.07, 6.45) is 0.885. The van der Waals surface area contributed by atoms with Gasteiger partial charge in [-0.15, -0.1) is 11.3 Å². The highest BCUT2D eigenvalue weighted by atomic mass is 32.2. The molecule has 2 heterocycles. The number of thiazole rings is 1. The molecule has 1 unspecified atom stereocenters. The Labute approximate surface area is 133 Å². The predicted octanol–water partition coefficient (Wildman–Crippen LogP) is 3.08. The maximum atomic E-state index is 10.3. The van der Waals surface area contributed by atoms with E-state index in [1.807, 2.05) is 11.8 Å². The largest absolute Gasteiger partial charge is 0.388 e. The summed E-state index contributed by atoms with van der Waals surface area (Å²) < 4.78 is 0. The molecule has 1 aromatic carbocycles. The van der Waals surface area contributed by atoms with Crippen molar-refractivity contribution >= 4 is 23.1 Å². The zero-order valence-corrected chi connectivity index (χ0v) is 13.8. The number of benzene rings is 1. The van der Waals surface area contributed by atoms with Crippen molar-refractivity contribution in [3.8, 4) is 10.6 Å². The van der Waals surface area contributed by atoms with Crippen LogP contribution in [0.5, 0.6) is 0 Å². The topological polar surface area (TPSA) is 45.2 Å². The molecule has 0 saturated carbocycles. The molecule has 0 spiro atoms. The second kappa shape index (κ2) is 6.48. The fourth-order valence-corrected chi connectivity index (χ4v) is 4.50. The lowest BCUT2D eigenvalue weighted by molar-refractivity contribution is 0.0674. The van der Waals surface area contributed by atoms with Crippen LogP contribution in [0.3, 0.4) is 0 Å². The molecule has 112 valence electrons. The number of hydrogen-bond donors (Lipinski definition) is 2. The summed E-state index contributed by atoms with van der Waals surface area (Å²) in [4.78, 5) is 4.67. The van der Waals surface area contributed by atoms with Crippen molar-refractivity contribution in [2.45, 2.75) is 25.5 Å². The third-order valence-electron chi connectivity index (χ3n) is 3.69. The number of rotatable bonds is 5. The first-order valence-corrected chi connectivity index (χ1v) is 9.20. The molecular formula is C16H20N2OS2. The first-order chi connectivity index (χ1) is 10.1. The van der Waals surface area contributed by atoms with Crippen LogP contribution in [0.25, 0.3) is 10.6 Å². The maximum absolute atomic E-state index is 10.3. The second-order valence-electron chi connectivity index (χ2n) is 5.64. The minimum Gasteiger partial charge on any atom is -0.388 e. The summed E-state index contributed by atoms with van der Waals surface area (Å²) in [7, 11) is 0. The van der Waals surface area contributed by atoms with Crippen LogP contribution in [0.15, 0.2) is 29.6 Å². The van der Waals surface area contributed by atoms with Crippen molar-refractivity contribution in [2.75, 3.05) is 18.1 Å². The van der Waals surface area contributed by atoms with Crippen molar-refractivity contribution in [1.82, 2.24) is 10.3 Å². The number of nitrogens with zero attached hydrogens (tertiary/aromatic N) is 1. The van der Waals surface area contributed by atoms with Crippen LogP contribution in [-0.2, 0) is 6.54 Å². The Morgan fingerprint density at radius 3 is 2.86 bits per heavy atom. The lowest BCUT2D eigenvalue weighted by Gasteiger charge is -2.21. The van der Waals surface area contributed by atoms with E-state index in [-0.39, 0.29) is 0 Å². The quantitative estimate of drug-likeness (QED) is 0.889. The van der Waals surface area contributed by atoms with E-state index in [9.17, 15) is 5.11 Å². The van der Waals surface area contributed by atoms with Crippen LogP contribution >= 0.6 is 23.1 Å². The summed E-state index contributed by atoms with van der Waals surface area (Å²) in [6, 6.07) is 8.46. The lowest BCUT2D eigenvalue weighted by atomic mass is 10.0. The molecule has 21 heavy (non-hydrogen) atoms. The van der Waals surface area contributed by atoms with Gasteiger partial charge >= 0.3 is 0 Å². The average Bonchev–Trinajstić information content (AvgIpc) is 3.10. The first-order valence-electron chi connectivity index (χ1n) is 7.17. The Morgan fingerprint density at radius 1 is 1.33 bits per heavy atom. The van der Waals surface area contributed by atoms with E-state index in [0.29, 0.717) is 6.54 Å². The van der Waals surface area contributed by atoms with Crippen LogP contribution in [0.2, 0.25) is 0 Å². The van der Waals surface area contributed by atoms with Crippen LogP contribution in [-0.4, -0.2) is 33.7 Å². The van der Waals surface area contributed by atoms with Crippen LogP contribution in [0.4, 0.5) is 0 Å². The normalized spacial score (nSPS) is 21.8. The second-order valence-corrected chi connectivity index (χ2v) is 7.60. The summed E-state index contributed by atoms with van der Waals surface area (Å²) >= 11 is 3.50. The van der Waals surface area contributed by atoms with E-state index < -0.39 is 5.60 Å². The third-order valence-corrected chi connectivity index (χ3v) is 5.87. The summed E-state index contributed by atoms with van der Waals surface area (Å²) in [5, 5.41) is 16.8. The number of aryl methyl sites for hydroxylation is 1. The van der Waals surface area contributed by atoms with Gasteiger partial charge in [0.25, 0.3) is 0 Å². The highest BCUT2D eigenvalue weighted by Gasteiger charge is 2.31. The molecule has 0 bridgehead atoms. The molecule has 1 aliphatic heterocycles. The Hall–Kier alpha value is -0.880. The van der Waals surface area contributed by atoms with Crippen molar-refractivity contribution in [2.24, 2.45) is 0 Å². The zero-order valence-electron chi connectivity index (χ0n) is 12.1. The van der Waals surface area contributed by atoms with Crippen molar-refractivity contribution in [3.63, 3.8) is 0 Å². The van der Waals surface area contributed by atoms with Gasteiger partial charge in [0.2, 0.25) is 0 Å². The molecule has 1 saturated heterocycles. The molecule has 3 nitrogen and oxygen atoms in total. The summed E-state index contributed by atoms with van der Waals surface area (Å²) in [5.41, 5.74) is 2.95. The molecular weight excluding hydrogens is 300 g/mol. The monoisotopic (exact) mass is 320 g/mol. The van der Waals surface area contributed by atoms with Crippen molar-refractivity contribution in [3.05, 3.63) is 40.9 Å². The standard InChI is InChI=1S/C16H20N2OS2/c1-12-2-4-13(5-3-12)15-18-14(9-21-15)8-17-10-16(19)6-7-20-11-16/h2-5,9,17,19H,6-8,10-11H2,1H3. The Kier molecular flexibility index (Phi) is 4.64. The average molecular weight is 320 g/mol. The van der Waals surface area contributed by atoms with Crippen LogP contribution in [0, 0.1) is 6.92 Å². The van der Waals surface area contributed by atoms with E-state index in [0.717, 1.165) is 35.2 Å². The highest BCUT2D eigenvalue weighted by molar-refractivity contribution is 7.99. The highest BCUT2D eigenvalue weighted by Crippen LogP contribution is 2.27. The predicted molar refractivity (Wildman–Crippen MR) is 90.9 cm³/mol. The molecule has 1 aromatic heterocycles. The zero-order chi connectivity index (χ0) is 14.7. The fourth-order valence-electron chi connectivity index (χ4n) is 2.38. The van der Waals surface area contributed by atoms with Gasteiger partial charge in [-0.2, -0.15) is 11.8 Å². The Balaban J connectivity index is 1.56. The van der Waals surface area contributed by atoms with E-state index in [4.69, 9.17) is 0 Å². The molecule has 2 aromatic rings.